The Morgan fingerprint density at radius 2 is 2.45 bits per heavy atom. The number of allylic oxidation sites excluding steroid dienone is 3. The molecule has 11 heavy (non-hydrogen) atoms. The van der Waals surface area contributed by atoms with Crippen LogP contribution in [0.15, 0.2) is 39.9 Å². The Labute approximate surface area is 67.5 Å². The highest BCUT2D eigenvalue weighted by atomic mass is 32.2. The topological polar surface area (TPSA) is 29.4 Å². The molecule has 0 radical (unpaired) electrons. The highest BCUT2D eigenvalue weighted by molar-refractivity contribution is 7.89. The fourth-order valence-electron chi connectivity index (χ4n) is 1.09. The van der Waals surface area contributed by atoms with Gasteiger partial charge in [0.2, 0.25) is 0 Å². The van der Waals surface area contributed by atoms with Gasteiger partial charge in [-0.3, -0.25) is 9.20 Å². The van der Waals surface area contributed by atoms with E-state index in [0.717, 1.165) is 10.5 Å². The van der Waals surface area contributed by atoms with Gasteiger partial charge >= 0.3 is 0 Å². The monoisotopic (exact) mass is 165 g/mol. The van der Waals surface area contributed by atoms with Crippen LogP contribution in [0, 0.1) is 0 Å². The first-order valence-electron chi connectivity index (χ1n) is 3.37. The van der Waals surface area contributed by atoms with Gasteiger partial charge in [0.05, 0.1) is 10.8 Å². The number of aliphatic imine (C=N–C) groups is 1. The summed E-state index contributed by atoms with van der Waals surface area (Å²) in [6.45, 7) is 0. The molecule has 0 saturated carbocycles. The van der Waals surface area contributed by atoms with E-state index in [0.29, 0.717) is 5.75 Å². The van der Waals surface area contributed by atoms with E-state index in [1.807, 2.05) is 18.2 Å². The lowest BCUT2D eigenvalue weighted by Crippen LogP contribution is -1.90. The number of rotatable bonds is 0. The lowest BCUT2D eigenvalue weighted by Gasteiger charge is -1.93. The van der Waals surface area contributed by atoms with Crippen molar-refractivity contribution in [3.8, 4) is 0 Å². The first-order chi connectivity index (χ1) is 5.38. The van der Waals surface area contributed by atoms with Gasteiger partial charge in [0.1, 0.15) is 0 Å². The Hall–Kier alpha value is -0.960. The maximum absolute atomic E-state index is 11.3. The van der Waals surface area contributed by atoms with Crippen LogP contribution in [0.25, 0.3) is 0 Å². The van der Waals surface area contributed by atoms with Gasteiger partial charge in [0.15, 0.2) is 0 Å². The zero-order valence-electron chi connectivity index (χ0n) is 5.86. The summed E-state index contributed by atoms with van der Waals surface area (Å²) in [6, 6.07) is 0. The van der Waals surface area contributed by atoms with Crippen molar-refractivity contribution in [2.75, 3.05) is 5.75 Å². The standard InChI is InChI=1S/C8H7NOS/c10-11-6-3-7-1-4-9-5-2-8(7)11/h1-5H,6H2. The lowest BCUT2D eigenvalue weighted by atomic mass is 10.2. The van der Waals surface area contributed by atoms with Crippen LogP contribution in [0.5, 0.6) is 0 Å². The summed E-state index contributed by atoms with van der Waals surface area (Å²) < 4.78 is 11.3. The molecule has 0 aliphatic carbocycles. The van der Waals surface area contributed by atoms with Crippen LogP contribution in [0.2, 0.25) is 0 Å². The van der Waals surface area contributed by atoms with E-state index in [4.69, 9.17) is 0 Å². The summed E-state index contributed by atoms with van der Waals surface area (Å²) in [5.41, 5.74) is 1.06. The number of hydrogen-bond acceptors (Lipinski definition) is 2. The molecule has 3 heteroatoms. The molecule has 0 spiro atoms. The van der Waals surface area contributed by atoms with Crippen molar-refractivity contribution >= 4 is 17.0 Å². The van der Waals surface area contributed by atoms with E-state index in [2.05, 4.69) is 4.99 Å². The minimum Gasteiger partial charge on any atom is -0.265 e. The Morgan fingerprint density at radius 3 is 3.36 bits per heavy atom. The first kappa shape index (κ1) is 6.73. The van der Waals surface area contributed by atoms with E-state index in [-0.39, 0.29) is 0 Å². The van der Waals surface area contributed by atoms with Crippen LogP contribution in [-0.4, -0.2) is 16.2 Å². The largest absolute Gasteiger partial charge is 0.265 e. The average molecular weight is 165 g/mol. The Balaban J connectivity index is 2.49. The van der Waals surface area contributed by atoms with E-state index in [1.54, 1.807) is 12.4 Å². The van der Waals surface area contributed by atoms with Gasteiger partial charge in [-0.15, -0.1) is 0 Å². The predicted molar refractivity (Wildman–Crippen MR) is 46.8 cm³/mol. The molecule has 2 aliphatic rings. The summed E-state index contributed by atoms with van der Waals surface area (Å²) in [4.78, 5) is 4.84. The highest BCUT2D eigenvalue weighted by Crippen LogP contribution is 2.23. The molecule has 0 aromatic rings. The molecule has 0 saturated heterocycles. The minimum atomic E-state index is -0.824. The third-order valence-electron chi connectivity index (χ3n) is 1.64. The molecule has 2 nitrogen and oxygen atoms in total. The molecule has 0 bridgehead atoms. The SMILES string of the molecule is O=S1CC=C2C=CN=CC=C21. The molecular formula is C8H7NOS. The van der Waals surface area contributed by atoms with Crippen LogP contribution in [-0.2, 0) is 10.8 Å². The number of hydrogen-bond donors (Lipinski definition) is 0. The fourth-order valence-corrected chi connectivity index (χ4v) is 2.23. The van der Waals surface area contributed by atoms with E-state index in [1.165, 1.54) is 0 Å². The second-order valence-electron chi connectivity index (χ2n) is 2.32. The molecule has 2 rings (SSSR count). The lowest BCUT2D eigenvalue weighted by molar-refractivity contribution is 0.690. The summed E-state index contributed by atoms with van der Waals surface area (Å²) in [7, 11) is -0.824. The van der Waals surface area contributed by atoms with E-state index in [9.17, 15) is 4.21 Å². The Bertz CT molecular complexity index is 323. The van der Waals surface area contributed by atoms with Crippen molar-refractivity contribution in [3.05, 3.63) is 34.9 Å². The van der Waals surface area contributed by atoms with Crippen molar-refractivity contribution in [1.82, 2.24) is 0 Å². The second kappa shape index (κ2) is 2.58. The van der Waals surface area contributed by atoms with Crippen molar-refractivity contribution in [2.24, 2.45) is 4.99 Å². The Morgan fingerprint density at radius 1 is 1.55 bits per heavy atom. The molecule has 0 amide bonds. The molecule has 0 N–H and O–H groups in total. The molecule has 0 fully saturated rings. The van der Waals surface area contributed by atoms with Crippen LogP contribution in [0.3, 0.4) is 0 Å². The third-order valence-corrected chi connectivity index (χ3v) is 2.97. The molecule has 1 unspecified atom stereocenters. The van der Waals surface area contributed by atoms with Gasteiger partial charge in [-0.25, -0.2) is 0 Å². The molecule has 1 atom stereocenters. The summed E-state index contributed by atoms with van der Waals surface area (Å²) in [5, 5.41) is 0. The van der Waals surface area contributed by atoms with Crippen molar-refractivity contribution < 1.29 is 4.21 Å². The van der Waals surface area contributed by atoms with Crippen molar-refractivity contribution in [1.29, 1.82) is 0 Å². The smallest absolute Gasteiger partial charge is 0.0574 e. The van der Waals surface area contributed by atoms with E-state index >= 15 is 0 Å². The summed E-state index contributed by atoms with van der Waals surface area (Å²) in [5.74, 6) is 0.652. The van der Waals surface area contributed by atoms with Crippen LogP contribution in [0.1, 0.15) is 0 Å². The normalized spacial score (nSPS) is 27.5. The van der Waals surface area contributed by atoms with Crippen molar-refractivity contribution in [3.63, 3.8) is 0 Å². The number of nitrogens with zero attached hydrogens (tertiary/aromatic N) is 1. The van der Waals surface area contributed by atoms with Gasteiger partial charge in [-0.05, 0) is 17.7 Å². The fraction of sp³-hybridized carbons (Fsp3) is 0.125. The summed E-state index contributed by atoms with van der Waals surface area (Å²) >= 11 is 0. The third kappa shape index (κ3) is 1.12. The second-order valence-corrected chi connectivity index (χ2v) is 3.78. The quantitative estimate of drug-likeness (QED) is 0.529. The summed E-state index contributed by atoms with van der Waals surface area (Å²) in [6.07, 6.45) is 9.08. The number of fused-ring (bicyclic) bond motifs is 1. The zero-order chi connectivity index (χ0) is 7.68. The van der Waals surface area contributed by atoms with Crippen molar-refractivity contribution in [2.45, 2.75) is 0 Å². The average Bonchev–Trinajstić information content (AvgIpc) is 2.25. The van der Waals surface area contributed by atoms with Crippen LogP contribution < -0.4 is 0 Å². The van der Waals surface area contributed by atoms with Gasteiger partial charge in [-0.2, -0.15) is 0 Å². The molecule has 0 aromatic carbocycles. The van der Waals surface area contributed by atoms with Crippen LogP contribution >= 0.6 is 0 Å². The van der Waals surface area contributed by atoms with Gasteiger partial charge in [0.25, 0.3) is 0 Å². The highest BCUT2D eigenvalue weighted by Gasteiger charge is 2.16. The molecule has 2 heterocycles. The molecular weight excluding hydrogens is 158 g/mol. The van der Waals surface area contributed by atoms with Gasteiger partial charge in [0, 0.05) is 23.1 Å². The first-order valence-corrected chi connectivity index (χ1v) is 4.69. The molecule has 0 aromatic heterocycles. The van der Waals surface area contributed by atoms with Gasteiger partial charge < -0.3 is 0 Å². The Kier molecular flexibility index (Phi) is 1.58. The minimum absolute atomic E-state index is 0.652. The van der Waals surface area contributed by atoms with Gasteiger partial charge in [-0.1, -0.05) is 6.08 Å². The van der Waals surface area contributed by atoms with E-state index < -0.39 is 10.8 Å². The molecule has 56 valence electrons. The zero-order valence-corrected chi connectivity index (χ0v) is 6.67. The van der Waals surface area contributed by atoms with Crippen LogP contribution in [0.4, 0.5) is 0 Å². The predicted octanol–water partition coefficient (Wildman–Crippen LogP) is 1.16. The maximum Gasteiger partial charge on any atom is 0.0574 e. The molecule has 2 aliphatic heterocycles. The maximum atomic E-state index is 11.3.